The molecule has 0 radical (unpaired) electrons. The number of ether oxygens (including phenoxy) is 1. The molecule has 2 aromatic carbocycles. The van der Waals surface area contributed by atoms with Crippen molar-refractivity contribution in [2.75, 3.05) is 0 Å². The maximum atomic E-state index is 13.6. The van der Waals surface area contributed by atoms with Crippen LogP contribution < -0.4 is 4.74 Å². The van der Waals surface area contributed by atoms with Gasteiger partial charge in [0.2, 0.25) is 0 Å². The van der Waals surface area contributed by atoms with Gasteiger partial charge in [0.15, 0.2) is 12.1 Å². The minimum absolute atomic E-state index is 0.0433. The smallest absolute Gasteiger partial charge is 0.159 e. The Morgan fingerprint density at radius 2 is 2.00 bits per heavy atom. The van der Waals surface area contributed by atoms with Crippen LogP contribution in [0.25, 0.3) is 0 Å². The van der Waals surface area contributed by atoms with Crippen LogP contribution in [0, 0.1) is 5.82 Å². The number of hydrogen-bond donors (Lipinski definition) is 1. The Labute approximate surface area is 114 Å². The first-order chi connectivity index (χ1) is 9.13. The molecule has 0 aliphatic rings. The summed E-state index contributed by atoms with van der Waals surface area (Å²) in [4.78, 5) is 10.9. The van der Waals surface area contributed by atoms with Crippen LogP contribution in [0.2, 0.25) is 5.02 Å². The first-order valence-electron chi connectivity index (χ1n) is 5.46. The molecule has 0 fully saturated rings. The number of rotatable bonds is 4. The van der Waals surface area contributed by atoms with Crippen molar-refractivity contribution in [3.05, 3.63) is 58.4 Å². The van der Waals surface area contributed by atoms with Crippen LogP contribution in [0.3, 0.4) is 0 Å². The molecular formula is C14H10ClFO3. The van der Waals surface area contributed by atoms with E-state index in [1.807, 2.05) is 30.3 Å². The van der Waals surface area contributed by atoms with E-state index in [2.05, 4.69) is 0 Å². The zero-order valence-corrected chi connectivity index (χ0v) is 10.5. The molecule has 0 atom stereocenters. The molecule has 3 nitrogen and oxygen atoms in total. The Morgan fingerprint density at radius 3 is 2.63 bits per heavy atom. The Kier molecular flexibility index (Phi) is 4.02. The van der Waals surface area contributed by atoms with Crippen molar-refractivity contribution in [2.24, 2.45) is 0 Å². The number of carbonyl (C=O) groups is 1. The summed E-state index contributed by atoms with van der Waals surface area (Å²) in [5.41, 5.74) is 0.549. The molecule has 0 spiro atoms. The molecule has 0 amide bonds. The van der Waals surface area contributed by atoms with Crippen molar-refractivity contribution in [1.82, 2.24) is 0 Å². The van der Waals surface area contributed by atoms with Crippen molar-refractivity contribution in [3.63, 3.8) is 0 Å². The number of halogens is 2. The predicted octanol–water partition coefficient (Wildman–Crippen LogP) is 3.58. The van der Waals surface area contributed by atoms with E-state index in [1.165, 1.54) is 0 Å². The number of benzene rings is 2. The number of phenols is 1. The highest BCUT2D eigenvalue weighted by molar-refractivity contribution is 6.32. The lowest BCUT2D eigenvalue weighted by Gasteiger charge is -2.11. The van der Waals surface area contributed by atoms with Crippen LogP contribution in [-0.4, -0.2) is 11.4 Å². The highest BCUT2D eigenvalue weighted by atomic mass is 35.5. The molecule has 0 saturated carbocycles. The van der Waals surface area contributed by atoms with Crippen molar-refractivity contribution in [2.45, 2.75) is 6.61 Å². The van der Waals surface area contributed by atoms with Crippen molar-refractivity contribution >= 4 is 17.9 Å². The molecule has 0 aliphatic heterocycles. The topological polar surface area (TPSA) is 46.5 Å². The third-order valence-corrected chi connectivity index (χ3v) is 2.90. The van der Waals surface area contributed by atoms with Gasteiger partial charge in [0.05, 0.1) is 5.56 Å². The van der Waals surface area contributed by atoms with Gasteiger partial charge in [0.1, 0.15) is 23.1 Å². The van der Waals surface area contributed by atoms with E-state index >= 15 is 0 Å². The Bertz CT molecular complexity index is 599. The summed E-state index contributed by atoms with van der Waals surface area (Å²) in [6.45, 7) is 0.155. The third-order valence-electron chi connectivity index (χ3n) is 2.54. The summed E-state index contributed by atoms with van der Waals surface area (Å²) < 4.78 is 19.0. The zero-order valence-electron chi connectivity index (χ0n) is 9.77. The van der Waals surface area contributed by atoms with Crippen LogP contribution in [0.4, 0.5) is 4.39 Å². The Morgan fingerprint density at radius 1 is 1.32 bits per heavy atom. The molecule has 0 heterocycles. The molecule has 0 unspecified atom stereocenters. The standard InChI is InChI=1S/C14H10ClFO3/c15-13-11(18)6-12(10(7-17)14(13)16)19-8-9-4-2-1-3-5-9/h1-7,18H,8H2. The van der Waals surface area contributed by atoms with Crippen molar-refractivity contribution < 1.29 is 19.0 Å². The van der Waals surface area contributed by atoms with Gasteiger partial charge in [-0.15, -0.1) is 0 Å². The van der Waals surface area contributed by atoms with Crippen molar-refractivity contribution in [3.8, 4) is 11.5 Å². The fraction of sp³-hybridized carbons (Fsp3) is 0.0714. The average Bonchev–Trinajstić information content (AvgIpc) is 2.44. The predicted molar refractivity (Wildman–Crippen MR) is 69.2 cm³/mol. The summed E-state index contributed by atoms with van der Waals surface area (Å²) in [6, 6.07) is 10.3. The van der Waals surface area contributed by atoms with E-state index in [9.17, 15) is 14.3 Å². The SMILES string of the molecule is O=Cc1c(OCc2ccccc2)cc(O)c(Cl)c1F. The molecule has 19 heavy (non-hydrogen) atoms. The largest absolute Gasteiger partial charge is 0.506 e. The highest BCUT2D eigenvalue weighted by Crippen LogP contribution is 2.34. The first kappa shape index (κ1) is 13.4. The molecule has 2 rings (SSSR count). The second kappa shape index (κ2) is 5.71. The van der Waals surface area contributed by atoms with Crippen molar-refractivity contribution in [1.29, 1.82) is 0 Å². The van der Waals surface area contributed by atoms with E-state index in [0.29, 0.717) is 6.29 Å². The van der Waals surface area contributed by atoms with E-state index in [1.54, 1.807) is 0 Å². The van der Waals surface area contributed by atoms with Crippen LogP contribution in [0.1, 0.15) is 15.9 Å². The zero-order chi connectivity index (χ0) is 13.8. The minimum atomic E-state index is -0.986. The van der Waals surface area contributed by atoms with Gasteiger partial charge in [-0.05, 0) is 5.56 Å². The normalized spacial score (nSPS) is 10.2. The van der Waals surface area contributed by atoms with Gasteiger partial charge < -0.3 is 9.84 Å². The summed E-state index contributed by atoms with van der Waals surface area (Å²) in [7, 11) is 0. The third kappa shape index (κ3) is 2.85. The minimum Gasteiger partial charge on any atom is -0.506 e. The molecule has 0 aromatic heterocycles. The molecule has 1 N–H and O–H groups in total. The molecule has 98 valence electrons. The number of phenolic OH excluding ortho intramolecular Hbond substituents is 1. The van der Waals surface area contributed by atoms with E-state index < -0.39 is 16.6 Å². The molecular weight excluding hydrogens is 271 g/mol. The number of hydrogen-bond acceptors (Lipinski definition) is 3. The summed E-state index contributed by atoms with van der Waals surface area (Å²) in [5.74, 6) is -1.49. The van der Waals surface area contributed by atoms with Gasteiger partial charge in [-0.2, -0.15) is 0 Å². The average molecular weight is 281 g/mol. The molecule has 0 aliphatic carbocycles. The lowest BCUT2D eigenvalue weighted by Crippen LogP contribution is -2.00. The maximum absolute atomic E-state index is 13.6. The molecule has 0 saturated heterocycles. The van der Waals surface area contributed by atoms with Crippen LogP contribution in [-0.2, 0) is 6.61 Å². The van der Waals surface area contributed by atoms with Gasteiger partial charge >= 0.3 is 0 Å². The summed E-state index contributed by atoms with van der Waals surface area (Å²) in [6.07, 6.45) is 0.307. The fourth-order valence-electron chi connectivity index (χ4n) is 1.57. The Balaban J connectivity index is 2.28. The highest BCUT2D eigenvalue weighted by Gasteiger charge is 2.17. The van der Waals surface area contributed by atoms with Crippen LogP contribution >= 0.6 is 11.6 Å². The summed E-state index contributed by atoms with van der Waals surface area (Å²) >= 11 is 5.51. The van der Waals surface area contributed by atoms with Gasteiger partial charge in [-0.1, -0.05) is 41.9 Å². The number of aldehydes is 1. The van der Waals surface area contributed by atoms with E-state index in [0.717, 1.165) is 11.6 Å². The second-order valence-electron chi connectivity index (χ2n) is 3.83. The van der Waals surface area contributed by atoms with Gasteiger partial charge in [0.25, 0.3) is 0 Å². The van der Waals surface area contributed by atoms with Gasteiger partial charge in [0, 0.05) is 6.07 Å². The van der Waals surface area contributed by atoms with Crippen LogP contribution in [0.5, 0.6) is 11.5 Å². The quantitative estimate of drug-likeness (QED) is 0.871. The summed E-state index contributed by atoms with van der Waals surface area (Å²) in [5, 5.41) is 8.94. The lowest BCUT2D eigenvalue weighted by atomic mass is 10.2. The monoisotopic (exact) mass is 280 g/mol. The van der Waals surface area contributed by atoms with Crippen LogP contribution in [0.15, 0.2) is 36.4 Å². The Hall–Kier alpha value is -2.07. The first-order valence-corrected chi connectivity index (χ1v) is 5.84. The van der Waals surface area contributed by atoms with Gasteiger partial charge in [-0.3, -0.25) is 4.79 Å². The maximum Gasteiger partial charge on any atom is 0.159 e. The number of aromatic hydroxyl groups is 1. The molecule has 2 aromatic rings. The lowest BCUT2D eigenvalue weighted by molar-refractivity contribution is 0.111. The second-order valence-corrected chi connectivity index (χ2v) is 4.21. The molecule has 5 heteroatoms. The van der Waals surface area contributed by atoms with E-state index in [-0.39, 0.29) is 17.9 Å². The van der Waals surface area contributed by atoms with E-state index in [4.69, 9.17) is 16.3 Å². The fourth-order valence-corrected chi connectivity index (χ4v) is 1.73. The molecule has 0 bridgehead atoms. The number of carbonyl (C=O) groups excluding carboxylic acids is 1. The van der Waals surface area contributed by atoms with Gasteiger partial charge in [-0.25, -0.2) is 4.39 Å².